The highest BCUT2D eigenvalue weighted by Gasteiger charge is 2.35. The van der Waals surface area contributed by atoms with Crippen molar-refractivity contribution >= 4 is 5.91 Å². The van der Waals surface area contributed by atoms with Crippen molar-refractivity contribution in [1.29, 1.82) is 0 Å². The van der Waals surface area contributed by atoms with E-state index in [-0.39, 0.29) is 17.8 Å². The van der Waals surface area contributed by atoms with Gasteiger partial charge in [-0.05, 0) is 31.7 Å². The van der Waals surface area contributed by atoms with Crippen LogP contribution in [-0.2, 0) is 0 Å². The molecule has 1 saturated carbocycles. The molecule has 2 aliphatic rings. The summed E-state index contributed by atoms with van der Waals surface area (Å²) in [6.07, 6.45) is 3.85. The molecular formula is C17H17FN2O2. The first-order chi connectivity index (χ1) is 10.7. The van der Waals surface area contributed by atoms with Crippen LogP contribution in [0.25, 0.3) is 0 Å². The minimum atomic E-state index is -0.258. The van der Waals surface area contributed by atoms with Crippen molar-refractivity contribution in [3.8, 4) is 0 Å². The van der Waals surface area contributed by atoms with E-state index in [0.29, 0.717) is 23.7 Å². The Morgan fingerprint density at radius 3 is 2.86 bits per heavy atom. The van der Waals surface area contributed by atoms with Gasteiger partial charge in [-0.3, -0.25) is 4.79 Å². The Bertz CT molecular complexity index is 708. The van der Waals surface area contributed by atoms with Crippen molar-refractivity contribution in [1.82, 2.24) is 10.1 Å². The van der Waals surface area contributed by atoms with Gasteiger partial charge in [-0.1, -0.05) is 23.4 Å². The molecule has 1 amide bonds. The normalized spacial score (nSPS) is 21.3. The lowest BCUT2D eigenvalue weighted by Crippen LogP contribution is -2.31. The van der Waals surface area contributed by atoms with E-state index in [2.05, 4.69) is 5.16 Å². The van der Waals surface area contributed by atoms with Crippen LogP contribution in [0.3, 0.4) is 0 Å². The number of carbonyl (C=O) groups is 1. The van der Waals surface area contributed by atoms with Gasteiger partial charge >= 0.3 is 0 Å². The third-order valence-corrected chi connectivity index (χ3v) is 4.51. The highest BCUT2D eigenvalue weighted by molar-refractivity contribution is 5.92. The first-order valence-electron chi connectivity index (χ1n) is 7.76. The minimum Gasteiger partial charge on any atom is -0.360 e. The monoisotopic (exact) mass is 300 g/mol. The van der Waals surface area contributed by atoms with E-state index >= 15 is 0 Å². The molecule has 1 aliphatic heterocycles. The van der Waals surface area contributed by atoms with Gasteiger partial charge in [0.05, 0.1) is 6.04 Å². The zero-order chi connectivity index (χ0) is 15.1. The zero-order valence-electron chi connectivity index (χ0n) is 12.2. The molecule has 5 heteroatoms. The topological polar surface area (TPSA) is 46.3 Å². The number of benzene rings is 1. The molecule has 4 nitrogen and oxygen atoms in total. The van der Waals surface area contributed by atoms with Gasteiger partial charge in [0.2, 0.25) is 0 Å². The van der Waals surface area contributed by atoms with Crippen molar-refractivity contribution in [2.45, 2.75) is 37.6 Å². The maximum Gasteiger partial charge on any atom is 0.276 e. The molecule has 0 unspecified atom stereocenters. The number of hydrogen-bond donors (Lipinski definition) is 0. The molecule has 1 atom stereocenters. The van der Waals surface area contributed by atoms with Crippen LogP contribution in [0.1, 0.15) is 59.5 Å². The number of likely N-dealkylation sites (tertiary alicyclic amines) is 1. The van der Waals surface area contributed by atoms with E-state index in [0.717, 1.165) is 31.4 Å². The SMILES string of the molecule is O=C(c1cc(C2CC2)on1)N1CCC[C@@H]1c1ccccc1F. The van der Waals surface area contributed by atoms with Crippen molar-refractivity contribution in [3.05, 3.63) is 53.2 Å². The lowest BCUT2D eigenvalue weighted by atomic mass is 10.0. The third-order valence-electron chi connectivity index (χ3n) is 4.51. The number of hydrogen-bond acceptors (Lipinski definition) is 3. The molecule has 1 saturated heterocycles. The minimum absolute atomic E-state index is 0.165. The first-order valence-corrected chi connectivity index (χ1v) is 7.76. The van der Waals surface area contributed by atoms with Crippen LogP contribution in [0, 0.1) is 5.82 Å². The standard InChI is InChI=1S/C17H17FN2O2/c18-13-5-2-1-4-12(13)15-6-3-9-20(15)17(21)14-10-16(22-19-14)11-7-8-11/h1-2,4-5,10-11,15H,3,6-9H2/t15-/m1/s1. The second-order valence-corrected chi connectivity index (χ2v) is 6.07. The Kier molecular flexibility index (Phi) is 3.21. The summed E-state index contributed by atoms with van der Waals surface area (Å²) in [7, 11) is 0. The smallest absolute Gasteiger partial charge is 0.276 e. The Balaban J connectivity index is 1.59. The summed E-state index contributed by atoms with van der Waals surface area (Å²) in [6.45, 7) is 0.628. The van der Waals surface area contributed by atoms with E-state index in [9.17, 15) is 9.18 Å². The highest BCUT2D eigenvalue weighted by Crippen LogP contribution is 2.40. The number of carbonyl (C=O) groups excluding carboxylic acids is 1. The molecule has 4 rings (SSSR count). The van der Waals surface area contributed by atoms with Crippen LogP contribution in [0.5, 0.6) is 0 Å². The highest BCUT2D eigenvalue weighted by atomic mass is 19.1. The van der Waals surface area contributed by atoms with Gasteiger partial charge in [0.25, 0.3) is 5.91 Å². The predicted molar refractivity (Wildman–Crippen MR) is 77.9 cm³/mol. The summed E-state index contributed by atoms with van der Waals surface area (Å²) in [6, 6.07) is 8.20. The molecule has 0 spiro atoms. The van der Waals surface area contributed by atoms with Crippen molar-refractivity contribution < 1.29 is 13.7 Å². The van der Waals surface area contributed by atoms with E-state index in [1.54, 1.807) is 29.2 Å². The van der Waals surface area contributed by atoms with Gasteiger partial charge < -0.3 is 9.42 Å². The Hall–Kier alpha value is -2.17. The molecule has 2 fully saturated rings. The molecule has 1 aromatic heterocycles. The molecule has 22 heavy (non-hydrogen) atoms. The molecule has 2 aromatic rings. The second-order valence-electron chi connectivity index (χ2n) is 6.07. The van der Waals surface area contributed by atoms with Gasteiger partial charge in [0, 0.05) is 24.1 Å². The van der Waals surface area contributed by atoms with Gasteiger partial charge in [-0.25, -0.2) is 4.39 Å². The van der Waals surface area contributed by atoms with Crippen LogP contribution in [0.4, 0.5) is 4.39 Å². The van der Waals surface area contributed by atoms with Crippen molar-refractivity contribution in [2.24, 2.45) is 0 Å². The number of aromatic nitrogens is 1. The zero-order valence-corrected chi connectivity index (χ0v) is 12.2. The molecule has 1 aromatic carbocycles. The van der Waals surface area contributed by atoms with Gasteiger partial charge in [0.1, 0.15) is 11.6 Å². The average Bonchev–Trinajstić information content (AvgIpc) is 3.08. The average molecular weight is 300 g/mol. The summed E-state index contributed by atoms with van der Waals surface area (Å²) >= 11 is 0. The van der Waals surface area contributed by atoms with E-state index in [4.69, 9.17) is 4.52 Å². The third kappa shape index (κ3) is 2.30. The predicted octanol–water partition coefficient (Wildman–Crippen LogP) is 3.67. The fourth-order valence-electron chi connectivity index (χ4n) is 3.18. The summed E-state index contributed by atoms with van der Waals surface area (Å²) in [5.41, 5.74) is 0.921. The van der Waals surface area contributed by atoms with Crippen LogP contribution in [-0.4, -0.2) is 22.5 Å². The van der Waals surface area contributed by atoms with E-state index in [1.807, 2.05) is 0 Å². The quantitative estimate of drug-likeness (QED) is 0.869. The number of halogens is 1. The first kappa shape index (κ1) is 13.5. The lowest BCUT2D eigenvalue weighted by molar-refractivity contribution is 0.0723. The number of rotatable bonds is 3. The second kappa shape index (κ2) is 5.23. The molecule has 0 N–H and O–H groups in total. The van der Waals surface area contributed by atoms with Gasteiger partial charge in [-0.15, -0.1) is 0 Å². The van der Waals surface area contributed by atoms with Crippen LogP contribution < -0.4 is 0 Å². The maximum atomic E-state index is 14.0. The van der Waals surface area contributed by atoms with E-state index in [1.165, 1.54) is 6.07 Å². The fraction of sp³-hybridized carbons (Fsp3) is 0.412. The summed E-state index contributed by atoms with van der Waals surface area (Å²) in [5.74, 6) is 0.799. The van der Waals surface area contributed by atoms with Gasteiger partial charge in [-0.2, -0.15) is 0 Å². The number of amides is 1. The summed E-state index contributed by atoms with van der Waals surface area (Å²) in [4.78, 5) is 14.4. The van der Waals surface area contributed by atoms with E-state index < -0.39 is 0 Å². The Morgan fingerprint density at radius 2 is 2.09 bits per heavy atom. The van der Waals surface area contributed by atoms with Crippen LogP contribution in [0.2, 0.25) is 0 Å². The molecule has 0 radical (unpaired) electrons. The van der Waals surface area contributed by atoms with Crippen LogP contribution in [0.15, 0.2) is 34.9 Å². The van der Waals surface area contributed by atoms with Gasteiger partial charge in [0.15, 0.2) is 5.69 Å². The van der Waals surface area contributed by atoms with Crippen molar-refractivity contribution in [2.75, 3.05) is 6.54 Å². The largest absolute Gasteiger partial charge is 0.360 e. The molecule has 0 bridgehead atoms. The lowest BCUT2D eigenvalue weighted by Gasteiger charge is -2.24. The molecule has 2 heterocycles. The molecule has 114 valence electrons. The molecular weight excluding hydrogens is 283 g/mol. The fourth-order valence-corrected chi connectivity index (χ4v) is 3.18. The molecule has 1 aliphatic carbocycles. The summed E-state index contributed by atoms with van der Waals surface area (Å²) in [5, 5.41) is 3.91. The summed E-state index contributed by atoms with van der Waals surface area (Å²) < 4.78 is 19.3. The number of nitrogens with zero attached hydrogens (tertiary/aromatic N) is 2. The Labute approximate surface area is 127 Å². The van der Waals surface area contributed by atoms with Crippen molar-refractivity contribution in [3.63, 3.8) is 0 Å². The maximum absolute atomic E-state index is 14.0. The Morgan fingerprint density at radius 1 is 1.27 bits per heavy atom. The van der Waals surface area contributed by atoms with Crippen LogP contribution >= 0.6 is 0 Å².